The van der Waals surface area contributed by atoms with Crippen LogP contribution >= 0.6 is 0 Å². The Labute approximate surface area is 120 Å². The Balaban J connectivity index is 1.97. The third-order valence-corrected chi connectivity index (χ3v) is 3.57. The second-order valence-corrected chi connectivity index (χ2v) is 5.41. The molecular weight excluding hydrogens is 248 g/mol. The number of para-hydroxylation sites is 3. The molecular formula is C17H20N2O. The Morgan fingerprint density at radius 2 is 1.70 bits per heavy atom. The first-order valence-electron chi connectivity index (χ1n) is 7.00. The molecule has 1 atom stereocenters. The van der Waals surface area contributed by atoms with Crippen molar-refractivity contribution in [3.8, 4) is 5.75 Å². The van der Waals surface area contributed by atoms with E-state index in [1.54, 1.807) is 0 Å². The van der Waals surface area contributed by atoms with E-state index in [2.05, 4.69) is 54.6 Å². The molecule has 20 heavy (non-hydrogen) atoms. The second kappa shape index (κ2) is 5.55. The molecule has 0 radical (unpaired) electrons. The normalized spacial score (nSPS) is 16.6. The molecule has 3 nitrogen and oxygen atoms in total. The summed E-state index contributed by atoms with van der Waals surface area (Å²) in [5.74, 6) is 0.924. The van der Waals surface area contributed by atoms with Gasteiger partial charge in [0, 0.05) is 24.2 Å². The lowest BCUT2D eigenvalue weighted by Crippen LogP contribution is -2.18. The number of nitrogens with one attached hydrogen (secondary N) is 1. The van der Waals surface area contributed by atoms with Crippen LogP contribution in [0.2, 0.25) is 0 Å². The highest BCUT2D eigenvalue weighted by Gasteiger charge is 2.22. The number of hydrogen-bond acceptors (Lipinski definition) is 3. The number of rotatable bonds is 3. The molecule has 0 aromatic heterocycles. The topological polar surface area (TPSA) is 24.5 Å². The minimum atomic E-state index is 0.0877. The molecule has 3 rings (SSSR count). The van der Waals surface area contributed by atoms with Crippen LogP contribution in [0.1, 0.15) is 18.1 Å². The van der Waals surface area contributed by atoms with Crippen LogP contribution in [0, 0.1) is 0 Å². The van der Waals surface area contributed by atoms with Gasteiger partial charge in [-0.05, 0) is 32.3 Å². The molecule has 0 spiro atoms. The van der Waals surface area contributed by atoms with Gasteiger partial charge in [0.1, 0.15) is 11.9 Å². The minimum absolute atomic E-state index is 0.0877. The Morgan fingerprint density at radius 3 is 2.50 bits per heavy atom. The van der Waals surface area contributed by atoms with Crippen LogP contribution in [0.15, 0.2) is 48.5 Å². The van der Waals surface area contributed by atoms with E-state index < -0.39 is 0 Å². The van der Waals surface area contributed by atoms with E-state index in [0.717, 1.165) is 30.1 Å². The van der Waals surface area contributed by atoms with Gasteiger partial charge in [0.15, 0.2) is 0 Å². The van der Waals surface area contributed by atoms with E-state index in [-0.39, 0.29) is 6.10 Å². The Kier molecular flexibility index (Phi) is 3.61. The van der Waals surface area contributed by atoms with Crippen LogP contribution < -0.4 is 10.1 Å². The zero-order valence-electron chi connectivity index (χ0n) is 12.0. The lowest BCUT2D eigenvalue weighted by molar-refractivity contribution is 0.183. The van der Waals surface area contributed by atoms with Gasteiger partial charge in [0.25, 0.3) is 0 Å². The number of anilines is 2. The van der Waals surface area contributed by atoms with Crippen LogP contribution in [0.4, 0.5) is 11.4 Å². The Bertz CT molecular complexity index is 595. The minimum Gasteiger partial charge on any atom is -0.483 e. The number of nitrogens with zero attached hydrogens (tertiary/aromatic N) is 1. The van der Waals surface area contributed by atoms with Crippen LogP contribution in [0.25, 0.3) is 0 Å². The Morgan fingerprint density at radius 1 is 1.00 bits per heavy atom. The maximum absolute atomic E-state index is 6.24. The first-order valence-corrected chi connectivity index (χ1v) is 7.00. The fraction of sp³-hybridized carbons (Fsp3) is 0.294. The third kappa shape index (κ3) is 2.63. The molecule has 3 heteroatoms. The fourth-order valence-corrected chi connectivity index (χ4v) is 2.52. The van der Waals surface area contributed by atoms with Crippen molar-refractivity contribution in [2.24, 2.45) is 0 Å². The molecule has 0 aliphatic carbocycles. The van der Waals surface area contributed by atoms with Gasteiger partial charge in [-0.15, -0.1) is 0 Å². The van der Waals surface area contributed by atoms with Gasteiger partial charge in [0.05, 0.1) is 5.69 Å². The fourth-order valence-electron chi connectivity index (χ4n) is 2.52. The first kappa shape index (κ1) is 13.0. The standard InChI is InChI=1S/C17H20N2O/c1-19(2)12-11-16-13-7-3-4-8-14(13)18-15-9-5-6-10-17(15)20-16/h3-10,16,18H,11-12H2,1-2H3. The number of hydrogen-bond donors (Lipinski definition) is 1. The summed E-state index contributed by atoms with van der Waals surface area (Å²) in [4.78, 5) is 2.19. The zero-order chi connectivity index (χ0) is 13.9. The van der Waals surface area contributed by atoms with Crippen LogP contribution in [-0.2, 0) is 0 Å². The van der Waals surface area contributed by atoms with Crippen molar-refractivity contribution in [3.63, 3.8) is 0 Å². The summed E-state index contributed by atoms with van der Waals surface area (Å²) in [5.41, 5.74) is 3.40. The van der Waals surface area contributed by atoms with Gasteiger partial charge in [-0.1, -0.05) is 30.3 Å². The van der Waals surface area contributed by atoms with Gasteiger partial charge in [-0.3, -0.25) is 0 Å². The average Bonchev–Trinajstić information content (AvgIpc) is 2.61. The molecule has 0 saturated carbocycles. The molecule has 0 amide bonds. The highest BCUT2D eigenvalue weighted by Crippen LogP contribution is 2.39. The smallest absolute Gasteiger partial charge is 0.143 e. The molecule has 0 saturated heterocycles. The van der Waals surface area contributed by atoms with Crippen LogP contribution in [-0.4, -0.2) is 25.5 Å². The first-order chi connectivity index (χ1) is 9.74. The summed E-state index contributed by atoms with van der Waals surface area (Å²) in [6, 6.07) is 16.5. The maximum atomic E-state index is 6.24. The van der Waals surface area contributed by atoms with Crippen molar-refractivity contribution in [1.82, 2.24) is 4.90 Å². The molecule has 0 fully saturated rings. The van der Waals surface area contributed by atoms with Crippen LogP contribution in [0.3, 0.4) is 0 Å². The molecule has 0 bridgehead atoms. The molecule has 2 aromatic rings. The van der Waals surface area contributed by atoms with E-state index in [1.807, 2.05) is 18.2 Å². The molecule has 104 valence electrons. The quantitative estimate of drug-likeness (QED) is 0.916. The summed E-state index contributed by atoms with van der Waals surface area (Å²) in [5, 5.41) is 3.48. The lowest BCUT2D eigenvalue weighted by atomic mass is 10.0. The average molecular weight is 268 g/mol. The molecule has 1 aliphatic heterocycles. The molecule has 1 heterocycles. The van der Waals surface area contributed by atoms with Gasteiger partial charge in [0.2, 0.25) is 0 Å². The predicted octanol–water partition coefficient (Wildman–Crippen LogP) is 3.82. The number of fused-ring (bicyclic) bond motifs is 2. The summed E-state index contributed by atoms with van der Waals surface area (Å²) < 4.78 is 6.24. The van der Waals surface area contributed by atoms with E-state index in [0.29, 0.717) is 0 Å². The van der Waals surface area contributed by atoms with Gasteiger partial charge >= 0.3 is 0 Å². The second-order valence-electron chi connectivity index (χ2n) is 5.41. The van der Waals surface area contributed by atoms with Crippen molar-refractivity contribution < 1.29 is 4.74 Å². The monoisotopic (exact) mass is 268 g/mol. The summed E-state index contributed by atoms with van der Waals surface area (Å²) in [6.07, 6.45) is 1.06. The molecule has 1 aliphatic rings. The zero-order valence-corrected chi connectivity index (χ0v) is 12.0. The highest BCUT2D eigenvalue weighted by molar-refractivity contribution is 5.70. The summed E-state index contributed by atoms with van der Waals surface area (Å²) in [6.45, 7) is 1.00. The van der Waals surface area contributed by atoms with Crippen LogP contribution in [0.5, 0.6) is 5.75 Å². The van der Waals surface area contributed by atoms with E-state index in [9.17, 15) is 0 Å². The summed E-state index contributed by atoms with van der Waals surface area (Å²) in [7, 11) is 4.18. The number of ether oxygens (including phenoxy) is 1. The van der Waals surface area contributed by atoms with Gasteiger partial charge in [-0.25, -0.2) is 0 Å². The van der Waals surface area contributed by atoms with Crippen molar-refractivity contribution in [3.05, 3.63) is 54.1 Å². The molecule has 1 N–H and O–H groups in total. The highest BCUT2D eigenvalue weighted by atomic mass is 16.5. The van der Waals surface area contributed by atoms with Crippen molar-refractivity contribution in [2.75, 3.05) is 26.0 Å². The van der Waals surface area contributed by atoms with E-state index in [1.165, 1.54) is 5.56 Å². The largest absolute Gasteiger partial charge is 0.483 e. The van der Waals surface area contributed by atoms with Crippen molar-refractivity contribution >= 4 is 11.4 Å². The predicted molar refractivity (Wildman–Crippen MR) is 82.7 cm³/mol. The Hall–Kier alpha value is -2.00. The van der Waals surface area contributed by atoms with Crippen molar-refractivity contribution in [2.45, 2.75) is 12.5 Å². The summed E-state index contributed by atoms with van der Waals surface area (Å²) >= 11 is 0. The molecule has 1 unspecified atom stereocenters. The van der Waals surface area contributed by atoms with Crippen molar-refractivity contribution in [1.29, 1.82) is 0 Å². The number of benzene rings is 2. The SMILES string of the molecule is CN(C)CCC1Oc2ccccc2Nc2ccccc21. The molecule has 2 aromatic carbocycles. The van der Waals surface area contributed by atoms with E-state index >= 15 is 0 Å². The van der Waals surface area contributed by atoms with Gasteiger partial charge < -0.3 is 15.0 Å². The maximum Gasteiger partial charge on any atom is 0.143 e. The van der Waals surface area contributed by atoms with Gasteiger partial charge in [-0.2, -0.15) is 0 Å². The lowest BCUT2D eigenvalue weighted by Gasteiger charge is -2.20. The third-order valence-electron chi connectivity index (χ3n) is 3.57. The van der Waals surface area contributed by atoms with E-state index in [4.69, 9.17) is 4.74 Å².